The van der Waals surface area contributed by atoms with Gasteiger partial charge >= 0.3 is 41.8 Å². The summed E-state index contributed by atoms with van der Waals surface area (Å²) in [5, 5.41) is 16.4. The van der Waals surface area contributed by atoms with Crippen LogP contribution in [0.25, 0.3) is 0 Å². The third kappa shape index (κ3) is 14.0. The van der Waals surface area contributed by atoms with Crippen molar-refractivity contribution in [2.45, 2.75) is 161 Å². The first-order chi connectivity index (χ1) is 28.0. The summed E-state index contributed by atoms with van der Waals surface area (Å²) in [4.78, 5) is 111. The van der Waals surface area contributed by atoms with E-state index in [9.17, 15) is 48.3 Å². The molecule has 0 bridgehead atoms. The quantitative estimate of drug-likeness (QED) is 0.116. The third-order valence-corrected chi connectivity index (χ3v) is 8.77. The van der Waals surface area contributed by atoms with Crippen LogP contribution >= 0.6 is 0 Å². The zero-order valence-corrected chi connectivity index (χ0v) is 34.6. The molecule has 3 aliphatic rings. The summed E-state index contributed by atoms with van der Waals surface area (Å²) in [6.45, 7) is 9.62. The molecule has 0 aromatic heterocycles. The summed E-state index contributed by atoms with van der Waals surface area (Å²) in [5.41, 5.74) is 0. The highest BCUT2D eigenvalue weighted by Crippen LogP contribution is 2.36. The van der Waals surface area contributed by atoms with Crippen LogP contribution < -0.4 is 10.6 Å². The molecule has 60 heavy (non-hydrogen) atoms. The minimum atomic E-state index is -1.97. The van der Waals surface area contributed by atoms with Gasteiger partial charge in [-0.05, 0) is 6.92 Å². The molecule has 3 aliphatic heterocycles. The molecule has 24 heteroatoms. The van der Waals surface area contributed by atoms with Crippen molar-refractivity contribution in [2.24, 2.45) is 0 Å². The second-order valence-corrected chi connectivity index (χ2v) is 13.9. The number of amides is 2. The molecule has 3 saturated heterocycles. The molecule has 0 aromatic rings. The van der Waals surface area contributed by atoms with E-state index in [0.717, 1.165) is 62.3 Å². The molecule has 15 atom stereocenters. The average molecular weight is 865 g/mol. The fraction of sp³-hybridized carbons (Fsp3) is 0.750. The molecule has 24 nitrogen and oxygen atoms in total. The number of carbonyl (C=O) groups excluding carboxylic acids is 9. The summed E-state index contributed by atoms with van der Waals surface area (Å²) in [5.74, 6) is -7.55. The number of aliphatic hydroxyl groups is 1. The van der Waals surface area contributed by atoms with Gasteiger partial charge in [0.05, 0.1) is 6.10 Å². The third-order valence-electron chi connectivity index (χ3n) is 8.77. The number of ether oxygens (including phenoxy) is 12. The lowest BCUT2D eigenvalue weighted by Crippen LogP contribution is -2.71. The Morgan fingerprint density at radius 2 is 0.867 bits per heavy atom. The van der Waals surface area contributed by atoms with E-state index in [1.165, 1.54) is 6.92 Å². The van der Waals surface area contributed by atoms with Crippen LogP contribution in [0.15, 0.2) is 0 Å². The summed E-state index contributed by atoms with van der Waals surface area (Å²) < 4.78 is 68.7. The second-order valence-electron chi connectivity index (χ2n) is 13.9. The van der Waals surface area contributed by atoms with Gasteiger partial charge in [-0.1, -0.05) is 0 Å². The van der Waals surface area contributed by atoms with Gasteiger partial charge in [-0.3, -0.25) is 43.2 Å². The molecule has 3 rings (SSSR count). The zero-order chi connectivity index (χ0) is 45.2. The Bertz CT molecular complexity index is 1610. The van der Waals surface area contributed by atoms with E-state index >= 15 is 0 Å². The van der Waals surface area contributed by atoms with E-state index in [2.05, 4.69) is 10.6 Å². The fourth-order valence-corrected chi connectivity index (χ4v) is 6.76. The first-order valence-electron chi connectivity index (χ1n) is 18.6. The van der Waals surface area contributed by atoms with Crippen molar-refractivity contribution < 1.29 is 105 Å². The molecule has 2 amide bonds. The summed E-state index contributed by atoms with van der Waals surface area (Å²) in [6, 6.07) is -3.20. The van der Waals surface area contributed by atoms with E-state index in [0.29, 0.717) is 0 Å². The predicted octanol–water partition coefficient (Wildman–Crippen LogP) is -2.26. The van der Waals surface area contributed by atoms with Gasteiger partial charge in [0, 0.05) is 62.3 Å². The van der Waals surface area contributed by atoms with Crippen molar-refractivity contribution in [1.29, 1.82) is 0 Å². The van der Waals surface area contributed by atoms with Crippen molar-refractivity contribution >= 4 is 53.6 Å². The summed E-state index contributed by atoms with van der Waals surface area (Å²) in [7, 11) is 0. The lowest BCUT2D eigenvalue weighted by Gasteiger charge is -2.51. The van der Waals surface area contributed by atoms with E-state index in [1.54, 1.807) is 0 Å². The highest BCUT2D eigenvalue weighted by Gasteiger charge is 2.58. The zero-order valence-electron chi connectivity index (χ0n) is 34.6. The van der Waals surface area contributed by atoms with Crippen molar-refractivity contribution in [1.82, 2.24) is 10.6 Å². The lowest BCUT2D eigenvalue weighted by molar-refractivity contribution is -0.363. The van der Waals surface area contributed by atoms with Crippen LogP contribution in [0, 0.1) is 0 Å². The number of carbonyl (C=O) groups is 9. The minimum absolute atomic E-state index is 0.623. The lowest BCUT2D eigenvalue weighted by atomic mass is 9.93. The van der Waals surface area contributed by atoms with Gasteiger partial charge in [0.15, 0.2) is 49.4 Å². The Labute approximate surface area is 343 Å². The number of aliphatic hydroxyl groups excluding tert-OH is 1. The highest BCUT2D eigenvalue weighted by atomic mass is 16.8. The number of hydrogen-bond donors (Lipinski definition) is 3. The average Bonchev–Trinajstić information content (AvgIpc) is 3.10. The number of rotatable bonds is 15. The molecule has 0 aromatic carbocycles. The van der Waals surface area contributed by atoms with Gasteiger partial charge in [0.1, 0.15) is 49.7 Å². The van der Waals surface area contributed by atoms with Crippen LogP contribution in [0.5, 0.6) is 0 Å². The van der Waals surface area contributed by atoms with Crippen LogP contribution in [0.1, 0.15) is 69.2 Å². The molecule has 1 unspecified atom stereocenters. The van der Waals surface area contributed by atoms with Gasteiger partial charge in [0.2, 0.25) is 11.8 Å². The standard InChI is InChI=1S/C36H52N2O22/c1-13-27(52-18(6)43)32(55-21(9)46)33(56-22(10)47)36(51-13)60-30-25(37-14(2)39)34(48)57-23(11-49-16(4)41)29(30)59-35-26(38-15(3)40)31(54-20(8)45)28(53-19(7)44)24(58-35)12-50-17(5)42/h13,23-36,48H,11-12H2,1-10H3,(H,37,39)(H,38,40)/t13-,23+,24+,25+,26+,27+,28+,29+,30+,31+,32+,33-,34?,35-,36-/m0/s1. The normalized spacial score (nSPS) is 33.8. The molecular weight excluding hydrogens is 812 g/mol. The molecule has 0 aliphatic carbocycles. The molecule has 0 saturated carbocycles. The van der Waals surface area contributed by atoms with Crippen LogP contribution in [-0.4, -0.2) is 164 Å². The van der Waals surface area contributed by atoms with Crippen LogP contribution in [0.3, 0.4) is 0 Å². The van der Waals surface area contributed by atoms with E-state index in [1.807, 2.05) is 0 Å². The highest BCUT2D eigenvalue weighted by molar-refractivity contribution is 5.74. The number of nitrogens with one attached hydrogen (secondary N) is 2. The van der Waals surface area contributed by atoms with Crippen LogP contribution in [-0.2, 0) is 100.0 Å². The first-order valence-corrected chi connectivity index (χ1v) is 18.6. The number of hydrogen-bond acceptors (Lipinski definition) is 22. The Morgan fingerprint density at radius 3 is 1.35 bits per heavy atom. The van der Waals surface area contributed by atoms with Crippen molar-refractivity contribution in [3.8, 4) is 0 Å². The van der Waals surface area contributed by atoms with Crippen LogP contribution in [0.4, 0.5) is 0 Å². The van der Waals surface area contributed by atoms with Gasteiger partial charge in [-0.25, -0.2) is 0 Å². The molecule has 0 radical (unpaired) electrons. The SMILES string of the molecule is CC(=O)N[C@H]1[C@H](O[C@H]2[C@H](O[C@@H]3O[C@@H](C)[C@@H](OC(C)=O)[C@@H](OC(C)=O)[C@@H]3OC(C)=O)[C@@H](NC(C)=O)C(O)O[C@@H]2COC(C)=O)O[C@H](COC(C)=O)[C@@H](OC(C)=O)[C@@H]1OC(C)=O. The van der Waals surface area contributed by atoms with Crippen molar-refractivity contribution in [2.75, 3.05) is 13.2 Å². The smallest absolute Gasteiger partial charge is 0.303 e. The van der Waals surface area contributed by atoms with E-state index in [4.69, 9.17) is 56.8 Å². The molecule has 3 N–H and O–H groups in total. The topological polar surface area (TPSA) is 309 Å². The molecule has 338 valence electrons. The fourth-order valence-electron chi connectivity index (χ4n) is 6.76. The van der Waals surface area contributed by atoms with Gasteiger partial charge in [0.25, 0.3) is 0 Å². The van der Waals surface area contributed by atoms with E-state index < -0.39 is 159 Å². The molecule has 0 spiro atoms. The second kappa shape index (κ2) is 22.0. The predicted molar refractivity (Wildman–Crippen MR) is 190 cm³/mol. The van der Waals surface area contributed by atoms with Crippen molar-refractivity contribution in [3.63, 3.8) is 0 Å². The molecular formula is C36H52N2O22. The Balaban J connectivity index is 2.28. The number of esters is 7. The molecule has 3 heterocycles. The Morgan fingerprint density at radius 1 is 0.450 bits per heavy atom. The van der Waals surface area contributed by atoms with E-state index in [-0.39, 0.29) is 0 Å². The molecule has 3 fully saturated rings. The van der Waals surface area contributed by atoms with Crippen LogP contribution in [0.2, 0.25) is 0 Å². The Hall–Kier alpha value is -5.01. The maximum atomic E-state index is 12.7. The monoisotopic (exact) mass is 864 g/mol. The Kier molecular flexibility index (Phi) is 18.1. The summed E-state index contributed by atoms with van der Waals surface area (Å²) in [6.07, 6.45) is -21.1. The van der Waals surface area contributed by atoms with Gasteiger partial charge < -0.3 is 72.6 Å². The first kappa shape index (κ1) is 49.4. The van der Waals surface area contributed by atoms with Crippen molar-refractivity contribution in [3.05, 3.63) is 0 Å². The summed E-state index contributed by atoms with van der Waals surface area (Å²) >= 11 is 0. The maximum Gasteiger partial charge on any atom is 0.303 e. The van der Waals surface area contributed by atoms with Gasteiger partial charge in [-0.2, -0.15) is 0 Å². The minimum Gasteiger partial charge on any atom is -0.463 e. The largest absolute Gasteiger partial charge is 0.463 e. The maximum absolute atomic E-state index is 12.7. The van der Waals surface area contributed by atoms with Gasteiger partial charge in [-0.15, -0.1) is 0 Å².